The van der Waals surface area contributed by atoms with Crippen molar-refractivity contribution in [2.24, 2.45) is 0 Å². The van der Waals surface area contributed by atoms with E-state index in [1.54, 1.807) is 12.1 Å². The molecule has 1 amide bonds. The third-order valence-electron chi connectivity index (χ3n) is 2.43. The Bertz CT molecular complexity index is 345. The van der Waals surface area contributed by atoms with Crippen LogP contribution in [-0.4, -0.2) is 42.2 Å². The van der Waals surface area contributed by atoms with E-state index in [2.05, 4.69) is 5.32 Å². The van der Waals surface area contributed by atoms with Gasteiger partial charge in [0.25, 0.3) is 5.91 Å². The molecule has 6 heteroatoms. The second-order valence-corrected chi connectivity index (χ2v) is 6.29. The summed E-state index contributed by atoms with van der Waals surface area (Å²) in [6.45, 7) is 0. The zero-order chi connectivity index (χ0) is 12.7. The van der Waals surface area contributed by atoms with E-state index in [1.807, 2.05) is 18.2 Å². The van der Waals surface area contributed by atoms with E-state index in [0.29, 0.717) is 5.56 Å². The van der Waals surface area contributed by atoms with Crippen molar-refractivity contribution >= 4 is 14.7 Å². The van der Waals surface area contributed by atoms with Crippen molar-refractivity contribution in [3.63, 3.8) is 0 Å². The Labute approximate surface area is 102 Å². The van der Waals surface area contributed by atoms with Gasteiger partial charge in [-0.05, 0) is 12.1 Å². The molecular weight excluding hydrogens is 238 g/mol. The number of rotatable bonds is 6. The van der Waals surface area contributed by atoms with Crippen LogP contribution in [0.2, 0.25) is 0 Å². The fourth-order valence-corrected chi connectivity index (χ4v) is 2.66. The van der Waals surface area contributed by atoms with Crippen LogP contribution in [0.4, 0.5) is 0 Å². The highest BCUT2D eigenvalue weighted by atomic mass is 28.4. The number of amides is 1. The minimum atomic E-state index is -2.75. The van der Waals surface area contributed by atoms with Crippen LogP contribution >= 0.6 is 0 Å². The van der Waals surface area contributed by atoms with Gasteiger partial charge in [-0.2, -0.15) is 0 Å². The molecule has 0 aliphatic rings. The summed E-state index contributed by atoms with van der Waals surface area (Å²) in [5, 5.41) is 2.74. The van der Waals surface area contributed by atoms with E-state index >= 15 is 0 Å². The molecular formula is C11H17NO4Si. The molecule has 0 aliphatic heterocycles. The van der Waals surface area contributed by atoms with Crippen LogP contribution in [-0.2, 0) is 13.3 Å². The number of hydrogen-bond acceptors (Lipinski definition) is 4. The lowest BCUT2D eigenvalue weighted by atomic mass is 10.2. The molecule has 0 aromatic heterocycles. The molecule has 17 heavy (non-hydrogen) atoms. The molecule has 1 aromatic carbocycles. The Morgan fingerprint density at radius 1 is 1.12 bits per heavy atom. The van der Waals surface area contributed by atoms with Crippen molar-refractivity contribution in [2.75, 3.05) is 27.5 Å². The van der Waals surface area contributed by atoms with E-state index in [-0.39, 0.29) is 12.1 Å². The average Bonchev–Trinajstić information content (AvgIpc) is 2.41. The van der Waals surface area contributed by atoms with E-state index in [1.165, 1.54) is 21.3 Å². The van der Waals surface area contributed by atoms with Crippen molar-refractivity contribution in [3.8, 4) is 0 Å². The highest BCUT2D eigenvalue weighted by Gasteiger charge is 2.38. The van der Waals surface area contributed by atoms with Gasteiger partial charge in [0.15, 0.2) is 0 Å². The summed E-state index contributed by atoms with van der Waals surface area (Å²) in [5.74, 6) is -0.173. The summed E-state index contributed by atoms with van der Waals surface area (Å²) in [6, 6.07) is 8.95. The van der Waals surface area contributed by atoms with Crippen molar-refractivity contribution < 1.29 is 18.1 Å². The zero-order valence-corrected chi connectivity index (χ0v) is 11.2. The molecule has 1 rings (SSSR count). The quantitative estimate of drug-likeness (QED) is 0.765. The summed E-state index contributed by atoms with van der Waals surface area (Å²) in [7, 11) is 1.78. The van der Waals surface area contributed by atoms with Gasteiger partial charge in [-0.3, -0.25) is 4.79 Å². The van der Waals surface area contributed by atoms with Crippen molar-refractivity contribution in [2.45, 2.75) is 0 Å². The Kier molecular flexibility index (Phi) is 5.30. The molecule has 0 atom stereocenters. The molecule has 0 fully saturated rings. The number of carbonyl (C=O) groups is 1. The maximum absolute atomic E-state index is 11.8. The fraction of sp³-hybridized carbons (Fsp3) is 0.364. The maximum atomic E-state index is 11.8. The van der Waals surface area contributed by atoms with Gasteiger partial charge in [0.05, 0.1) is 6.17 Å². The monoisotopic (exact) mass is 255 g/mol. The number of hydrogen-bond donors (Lipinski definition) is 1. The van der Waals surface area contributed by atoms with Gasteiger partial charge < -0.3 is 18.6 Å². The average molecular weight is 255 g/mol. The molecule has 0 unspecified atom stereocenters. The van der Waals surface area contributed by atoms with Gasteiger partial charge in [0, 0.05) is 26.9 Å². The van der Waals surface area contributed by atoms with E-state index in [0.717, 1.165) is 0 Å². The molecule has 94 valence electrons. The summed E-state index contributed by atoms with van der Waals surface area (Å²) >= 11 is 0. The minimum Gasteiger partial charge on any atom is -0.376 e. The Hall–Kier alpha value is -1.21. The van der Waals surface area contributed by atoms with Crippen LogP contribution < -0.4 is 5.32 Å². The van der Waals surface area contributed by atoms with Gasteiger partial charge in [-0.1, -0.05) is 18.2 Å². The van der Waals surface area contributed by atoms with Gasteiger partial charge in [0.1, 0.15) is 0 Å². The Morgan fingerprint density at radius 3 is 2.12 bits per heavy atom. The van der Waals surface area contributed by atoms with Crippen molar-refractivity contribution in [3.05, 3.63) is 35.9 Å². The predicted molar refractivity (Wildman–Crippen MR) is 65.6 cm³/mol. The van der Waals surface area contributed by atoms with Crippen molar-refractivity contribution in [1.82, 2.24) is 5.32 Å². The summed E-state index contributed by atoms with van der Waals surface area (Å²) in [6.07, 6.45) is 0.240. The summed E-state index contributed by atoms with van der Waals surface area (Å²) in [4.78, 5) is 11.8. The molecule has 0 saturated heterocycles. The fourth-order valence-electron chi connectivity index (χ4n) is 1.35. The lowest BCUT2D eigenvalue weighted by Gasteiger charge is -2.24. The molecule has 0 bridgehead atoms. The largest absolute Gasteiger partial charge is 0.520 e. The summed E-state index contributed by atoms with van der Waals surface area (Å²) in [5.41, 5.74) is 0.596. The third-order valence-corrected chi connectivity index (χ3v) is 4.91. The number of carbonyl (C=O) groups excluding carboxylic acids is 1. The molecule has 1 N–H and O–H groups in total. The lowest BCUT2D eigenvalue weighted by molar-refractivity contribution is 0.0917. The van der Waals surface area contributed by atoms with Crippen LogP contribution in [0.15, 0.2) is 30.3 Å². The molecule has 0 radical (unpaired) electrons. The first-order valence-corrected chi connectivity index (χ1v) is 7.09. The van der Waals surface area contributed by atoms with Gasteiger partial charge in [-0.15, -0.1) is 0 Å². The first-order valence-electron chi connectivity index (χ1n) is 5.16. The molecule has 5 nitrogen and oxygen atoms in total. The Balaban J connectivity index is 2.59. The van der Waals surface area contributed by atoms with Crippen LogP contribution in [0.1, 0.15) is 10.4 Å². The topological polar surface area (TPSA) is 56.8 Å². The molecule has 1 aromatic rings. The van der Waals surface area contributed by atoms with Crippen LogP contribution in [0.5, 0.6) is 0 Å². The standard InChI is InChI=1S/C11H17NO4Si/c1-14-17(15-2,16-3)9-12-11(13)10-7-5-4-6-8-10/h4-8H,9H2,1-3H3,(H,12,13). The van der Waals surface area contributed by atoms with E-state index in [9.17, 15) is 4.79 Å². The lowest BCUT2D eigenvalue weighted by Crippen LogP contribution is -2.53. The van der Waals surface area contributed by atoms with Crippen LogP contribution in [0, 0.1) is 0 Å². The van der Waals surface area contributed by atoms with Crippen LogP contribution in [0.25, 0.3) is 0 Å². The van der Waals surface area contributed by atoms with Gasteiger partial charge in [0.2, 0.25) is 0 Å². The predicted octanol–water partition coefficient (Wildman–Crippen LogP) is 0.834. The molecule has 0 aliphatic carbocycles. The number of benzene rings is 1. The maximum Gasteiger partial charge on any atom is 0.520 e. The first kappa shape index (κ1) is 13.9. The van der Waals surface area contributed by atoms with E-state index in [4.69, 9.17) is 13.3 Å². The van der Waals surface area contributed by atoms with Gasteiger partial charge >= 0.3 is 8.80 Å². The first-order chi connectivity index (χ1) is 8.17. The zero-order valence-electron chi connectivity index (χ0n) is 10.2. The highest BCUT2D eigenvalue weighted by Crippen LogP contribution is 2.05. The highest BCUT2D eigenvalue weighted by molar-refractivity contribution is 6.61. The SMILES string of the molecule is CO[Si](CNC(=O)c1ccccc1)(OC)OC. The molecule has 0 spiro atoms. The smallest absolute Gasteiger partial charge is 0.376 e. The minimum absolute atomic E-state index is 0.173. The van der Waals surface area contributed by atoms with E-state index < -0.39 is 8.80 Å². The second kappa shape index (κ2) is 6.50. The van der Waals surface area contributed by atoms with Crippen LogP contribution in [0.3, 0.4) is 0 Å². The normalized spacial score (nSPS) is 11.2. The molecule has 0 heterocycles. The Morgan fingerprint density at radius 2 is 1.65 bits per heavy atom. The number of nitrogens with one attached hydrogen (secondary N) is 1. The second-order valence-electron chi connectivity index (χ2n) is 3.34. The van der Waals surface area contributed by atoms with Gasteiger partial charge in [-0.25, -0.2) is 0 Å². The van der Waals surface area contributed by atoms with Crippen molar-refractivity contribution in [1.29, 1.82) is 0 Å². The summed E-state index contributed by atoms with van der Waals surface area (Å²) < 4.78 is 15.6. The molecule has 0 saturated carbocycles. The third kappa shape index (κ3) is 3.64.